The molecular formula is C12H20N2O4. The first-order valence-corrected chi connectivity index (χ1v) is 6.56. The van der Waals surface area contributed by atoms with Crippen LogP contribution in [0, 0.1) is 0 Å². The third-order valence-corrected chi connectivity index (χ3v) is 3.70. The van der Waals surface area contributed by atoms with Crippen LogP contribution in [0.5, 0.6) is 0 Å². The van der Waals surface area contributed by atoms with Crippen molar-refractivity contribution >= 4 is 12.0 Å². The van der Waals surface area contributed by atoms with Crippen molar-refractivity contribution in [3.63, 3.8) is 0 Å². The molecule has 2 N–H and O–H groups in total. The van der Waals surface area contributed by atoms with Gasteiger partial charge >= 0.3 is 12.0 Å². The van der Waals surface area contributed by atoms with Gasteiger partial charge in [-0.05, 0) is 32.1 Å². The van der Waals surface area contributed by atoms with E-state index in [0.29, 0.717) is 32.5 Å². The second-order valence-electron chi connectivity index (χ2n) is 5.07. The molecule has 0 spiro atoms. The first-order chi connectivity index (χ1) is 8.59. The highest BCUT2D eigenvalue weighted by Crippen LogP contribution is 2.20. The molecule has 2 amide bonds. The van der Waals surface area contributed by atoms with Gasteiger partial charge in [0.2, 0.25) is 0 Å². The van der Waals surface area contributed by atoms with Gasteiger partial charge < -0.3 is 20.0 Å². The second kappa shape index (κ2) is 5.56. The summed E-state index contributed by atoms with van der Waals surface area (Å²) in [5, 5.41) is 18.7. The largest absolute Gasteiger partial charge is 0.480 e. The average molecular weight is 256 g/mol. The number of nitrogens with zero attached hydrogens (tertiary/aromatic N) is 2. The molecule has 18 heavy (non-hydrogen) atoms. The molecule has 0 aromatic carbocycles. The highest BCUT2D eigenvalue weighted by Gasteiger charge is 2.35. The molecule has 2 unspecified atom stereocenters. The summed E-state index contributed by atoms with van der Waals surface area (Å²) in [6.07, 6.45) is 3.24. The van der Waals surface area contributed by atoms with Crippen LogP contribution >= 0.6 is 0 Å². The van der Waals surface area contributed by atoms with Crippen molar-refractivity contribution in [2.75, 3.05) is 19.6 Å². The molecule has 6 heteroatoms. The van der Waals surface area contributed by atoms with E-state index in [9.17, 15) is 14.7 Å². The van der Waals surface area contributed by atoms with Crippen molar-refractivity contribution in [1.29, 1.82) is 0 Å². The molecule has 2 aliphatic heterocycles. The summed E-state index contributed by atoms with van der Waals surface area (Å²) in [7, 11) is 0. The highest BCUT2D eigenvalue weighted by atomic mass is 16.4. The number of aliphatic hydroxyl groups excluding tert-OH is 1. The van der Waals surface area contributed by atoms with Crippen LogP contribution in [0.25, 0.3) is 0 Å². The van der Waals surface area contributed by atoms with Gasteiger partial charge in [0.1, 0.15) is 6.04 Å². The lowest BCUT2D eigenvalue weighted by atomic mass is 10.0. The molecule has 2 aliphatic rings. The number of piperidine rings is 2. The van der Waals surface area contributed by atoms with Gasteiger partial charge in [-0.1, -0.05) is 0 Å². The smallest absolute Gasteiger partial charge is 0.326 e. The summed E-state index contributed by atoms with van der Waals surface area (Å²) in [5.74, 6) is -0.930. The molecule has 0 saturated carbocycles. The van der Waals surface area contributed by atoms with E-state index in [1.165, 1.54) is 4.90 Å². The molecule has 0 bridgehead atoms. The van der Waals surface area contributed by atoms with Gasteiger partial charge in [0.25, 0.3) is 0 Å². The zero-order valence-electron chi connectivity index (χ0n) is 10.4. The monoisotopic (exact) mass is 256 g/mol. The number of amides is 2. The quantitative estimate of drug-likeness (QED) is 0.716. The number of urea groups is 1. The minimum Gasteiger partial charge on any atom is -0.480 e. The molecule has 0 aliphatic carbocycles. The van der Waals surface area contributed by atoms with Crippen molar-refractivity contribution in [2.24, 2.45) is 0 Å². The van der Waals surface area contributed by atoms with E-state index < -0.39 is 18.1 Å². The highest BCUT2D eigenvalue weighted by molar-refractivity contribution is 5.83. The molecule has 0 aromatic heterocycles. The Morgan fingerprint density at radius 2 is 1.83 bits per heavy atom. The number of carboxylic acids is 1. The molecule has 6 nitrogen and oxygen atoms in total. The second-order valence-corrected chi connectivity index (χ2v) is 5.07. The Bertz CT molecular complexity index is 334. The van der Waals surface area contributed by atoms with Crippen molar-refractivity contribution in [3.8, 4) is 0 Å². The van der Waals surface area contributed by atoms with Gasteiger partial charge in [0.05, 0.1) is 6.10 Å². The number of β-amino-alcohol motifs (C(OH)–C–C–N with tert-alkyl or cyclic N) is 1. The Labute approximate surface area is 106 Å². The van der Waals surface area contributed by atoms with Crippen LogP contribution in [-0.4, -0.2) is 63.8 Å². The first kappa shape index (κ1) is 13.1. The minimum absolute atomic E-state index is 0.235. The van der Waals surface area contributed by atoms with E-state index >= 15 is 0 Å². The van der Waals surface area contributed by atoms with E-state index in [-0.39, 0.29) is 6.03 Å². The number of carbonyl (C=O) groups is 2. The van der Waals surface area contributed by atoms with Crippen molar-refractivity contribution in [3.05, 3.63) is 0 Å². The predicted molar refractivity (Wildman–Crippen MR) is 64.2 cm³/mol. The maximum Gasteiger partial charge on any atom is 0.326 e. The first-order valence-electron chi connectivity index (χ1n) is 6.56. The van der Waals surface area contributed by atoms with E-state index in [1.54, 1.807) is 4.90 Å². The third kappa shape index (κ3) is 2.75. The zero-order chi connectivity index (χ0) is 13.1. The number of rotatable bonds is 1. The van der Waals surface area contributed by atoms with Gasteiger partial charge in [-0.3, -0.25) is 0 Å². The summed E-state index contributed by atoms with van der Waals surface area (Å²) >= 11 is 0. The molecule has 2 fully saturated rings. The molecule has 0 radical (unpaired) electrons. The van der Waals surface area contributed by atoms with Gasteiger partial charge in [-0.25, -0.2) is 9.59 Å². The van der Waals surface area contributed by atoms with Gasteiger partial charge in [0.15, 0.2) is 0 Å². The van der Waals surface area contributed by atoms with Crippen LogP contribution in [0.2, 0.25) is 0 Å². The third-order valence-electron chi connectivity index (χ3n) is 3.70. The van der Waals surface area contributed by atoms with Gasteiger partial charge in [-0.15, -0.1) is 0 Å². The maximum absolute atomic E-state index is 12.3. The molecule has 2 heterocycles. The van der Waals surface area contributed by atoms with Crippen LogP contribution in [-0.2, 0) is 4.79 Å². The van der Waals surface area contributed by atoms with E-state index in [2.05, 4.69) is 0 Å². The predicted octanol–water partition coefficient (Wildman–Crippen LogP) is 0.502. The van der Waals surface area contributed by atoms with Crippen LogP contribution in [0.1, 0.15) is 32.1 Å². The fraction of sp³-hybridized carbons (Fsp3) is 0.833. The number of aliphatic hydroxyl groups is 1. The zero-order valence-corrected chi connectivity index (χ0v) is 10.4. The summed E-state index contributed by atoms with van der Waals surface area (Å²) in [6, 6.07) is -0.939. The average Bonchev–Trinajstić information content (AvgIpc) is 2.38. The summed E-state index contributed by atoms with van der Waals surface area (Å²) in [6.45, 7) is 1.43. The summed E-state index contributed by atoms with van der Waals surface area (Å²) < 4.78 is 0. The Morgan fingerprint density at radius 3 is 2.50 bits per heavy atom. The fourth-order valence-corrected chi connectivity index (χ4v) is 2.73. The molecule has 2 saturated heterocycles. The van der Waals surface area contributed by atoms with E-state index in [4.69, 9.17) is 5.11 Å². The van der Waals surface area contributed by atoms with Gasteiger partial charge in [-0.2, -0.15) is 0 Å². The number of aliphatic carboxylic acids is 1. The Hall–Kier alpha value is -1.30. The number of likely N-dealkylation sites (tertiary alicyclic amines) is 2. The lowest BCUT2D eigenvalue weighted by Gasteiger charge is -2.39. The van der Waals surface area contributed by atoms with Gasteiger partial charge in [0, 0.05) is 19.6 Å². The molecule has 2 rings (SSSR count). The molecular weight excluding hydrogens is 236 g/mol. The number of hydrogen-bond donors (Lipinski definition) is 2. The topological polar surface area (TPSA) is 81.1 Å². The van der Waals surface area contributed by atoms with Crippen LogP contribution in [0.3, 0.4) is 0 Å². The van der Waals surface area contributed by atoms with E-state index in [0.717, 1.165) is 19.3 Å². The SMILES string of the molecule is O=C(O)C1CCCCN1C(=O)N1CCCC(O)C1. The Balaban J connectivity index is 2.03. The maximum atomic E-state index is 12.3. The minimum atomic E-state index is -0.930. The van der Waals surface area contributed by atoms with Crippen molar-refractivity contribution < 1.29 is 19.8 Å². The Kier molecular flexibility index (Phi) is 4.06. The molecule has 102 valence electrons. The van der Waals surface area contributed by atoms with E-state index in [1.807, 2.05) is 0 Å². The summed E-state index contributed by atoms with van der Waals surface area (Å²) in [5.41, 5.74) is 0. The van der Waals surface area contributed by atoms with Crippen LogP contribution in [0.4, 0.5) is 4.79 Å². The Morgan fingerprint density at radius 1 is 1.06 bits per heavy atom. The molecule has 0 aromatic rings. The lowest BCUT2D eigenvalue weighted by Crippen LogP contribution is -2.55. The van der Waals surface area contributed by atoms with Crippen LogP contribution < -0.4 is 0 Å². The van der Waals surface area contributed by atoms with Crippen molar-refractivity contribution in [1.82, 2.24) is 9.80 Å². The fourth-order valence-electron chi connectivity index (χ4n) is 2.73. The van der Waals surface area contributed by atoms with Crippen LogP contribution in [0.15, 0.2) is 0 Å². The standard InChI is InChI=1S/C12H20N2O4/c15-9-4-3-6-13(8-9)12(18)14-7-2-1-5-10(14)11(16)17/h9-10,15H,1-8H2,(H,16,17). The van der Waals surface area contributed by atoms with Crippen molar-refractivity contribution in [2.45, 2.75) is 44.2 Å². The number of carbonyl (C=O) groups excluding carboxylic acids is 1. The summed E-state index contributed by atoms with van der Waals surface area (Å²) in [4.78, 5) is 26.5. The number of hydrogen-bond acceptors (Lipinski definition) is 3. The molecule has 2 atom stereocenters. The normalized spacial score (nSPS) is 29.2. The number of carboxylic acid groups (broad SMARTS) is 1. The lowest BCUT2D eigenvalue weighted by molar-refractivity contribution is -0.143.